The van der Waals surface area contributed by atoms with Gasteiger partial charge in [0.2, 0.25) is 5.89 Å². The molecule has 0 N–H and O–H groups in total. The predicted molar refractivity (Wildman–Crippen MR) is 219 cm³/mol. The average Bonchev–Trinajstić information content (AvgIpc) is 3.84. The van der Waals surface area contributed by atoms with Gasteiger partial charge < -0.3 is 13.7 Å². The van der Waals surface area contributed by atoms with Crippen LogP contribution >= 0.6 is 0 Å². The van der Waals surface area contributed by atoms with Crippen molar-refractivity contribution < 1.29 is 8.83 Å². The Kier molecular flexibility index (Phi) is 6.52. The smallest absolute Gasteiger partial charge is 0.227 e. The highest BCUT2D eigenvalue weighted by Crippen LogP contribution is 2.47. The Morgan fingerprint density at radius 2 is 1.08 bits per heavy atom. The second kappa shape index (κ2) is 11.7. The molecule has 0 aliphatic rings. The van der Waals surface area contributed by atoms with Gasteiger partial charge in [-0.1, -0.05) is 127 Å². The summed E-state index contributed by atoms with van der Waals surface area (Å²) < 4.78 is 12.9. The van der Waals surface area contributed by atoms with Gasteiger partial charge in [0.1, 0.15) is 16.7 Å². The van der Waals surface area contributed by atoms with Crippen LogP contribution in [0.3, 0.4) is 0 Å². The SMILES string of the molecule is c1ccc(-c2nc3ccc4ccc5ccc6c(N(c7ccc8oc9ccccc9c8c7)c7ccccc7-c7ccccc7)cccc6c5c4c3o2)cc1. The van der Waals surface area contributed by atoms with Crippen LogP contribution in [0.25, 0.3) is 87.9 Å². The fraction of sp³-hybridized carbons (Fsp3) is 0. The number of furan rings is 1. The minimum Gasteiger partial charge on any atom is -0.456 e. The summed E-state index contributed by atoms with van der Waals surface area (Å²) in [5.41, 5.74) is 9.85. The molecule has 11 aromatic rings. The summed E-state index contributed by atoms with van der Waals surface area (Å²) in [6.07, 6.45) is 0. The van der Waals surface area contributed by atoms with Gasteiger partial charge in [-0.05, 0) is 76.3 Å². The summed E-state index contributed by atoms with van der Waals surface area (Å²) in [4.78, 5) is 7.35. The fourth-order valence-corrected chi connectivity index (χ4v) is 8.05. The Labute approximate surface area is 304 Å². The Hall–Kier alpha value is -7.17. The maximum atomic E-state index is 6.64. The van der Waals surface area contributed by atoms with Crippen molar-refractivity contribution in [3.8, 4) is 22.6 Å². The van der Waals surface area contributed by atoms with Gasteiger partial charge >= 0.3 is 0 Å². The number of benzene rings is 9. The van der Waals surface area contributed by atoms with E-state index in [1.807, 2.05) is 42.5 Å². The lowest BCUT2D eigenvalue weighted by atomic mass is 9.94. The van der Waals surface area contributed by atoms with E-state index >= 15 is 0 Å². The Morgan fingerprint density at radius 3 is 1.94 bits per heavy atom. The van der Waals surface area contributed by atoms with Crippen molar-refractivity contribution in [2.45, 2.75) is 0 Å². The van der Waals surface area contributed by atoms with Crippen molar-refractivity contribution in [3.05, 3.63) is 182 Å². The maximum Gasteiger partial charge on any atom is 0.227 e. The first-order chi connectivity index (χ1) is 26.3. The molecule has 0 saturated heterocycles. The monoisotopic (exact) mass is 678 g/mol. The van der Waals surface area contributed by atoms with Gasteiger partial charge in [0.25, 0.3) is 0 Å². The quantitative estimate of drug-likeness (QED) is 0.170. The van der Waals surface area contributed by atoms with Crippen molar-refractivity contribution in [2.75, 3.05) is 4.90 Å². The molecule has 4 nitrogen and oxygen atoms in total. The van der Waals surface area contributed by atoms with E-state index in [-0.39, 0.29) is 0 Å². The highest BCUT2D eigenvalue weighted by molar-refractivity contribution is 6.27. The van der Waals surface area contributed by atoms with Crippen LogP contribution in [0.2, 0.25) is 0 Å². The third-order valence-corrected chi connectivity index (χ3v) is 10.5. The molecule has 0 unspecified atom stereocenters. The lowest BCUT2D eigenvalue weighted by Crippen LogP contribution is -2.11. The molecule has 0 atom stereocenters. The third-order valence-electron chi connectivity index (χ3n) is 10.5. The number of fused-ring (bicyclic) bond motifs is 10. The maximum absolute atomic E-state index is 6.64. The topological polar surface area (TPSA) is 42.4 Å². The van der Waals surface area contributed by atoms with Crippen molar-refractivity contribution in [3.63, 3.8) is 0 Å². The van der Waals surface area contributed by atoms with Crippen LogP contribution in [0.4, 0.5) is 17.1 Å². The number of hydrogen-bond donors (Lipinski definition) is 0. The van der Waals surface area contributed by atoms with E-state index in [0.29, 0.717) is 5.89 Å². The van der Waals surface area contributed by atoms with E-state index in [1.54, 1.807) is 0 Å². The van der Waals surface area contributed by atoms with Crippen LogP contribution < -0.4 is 4.90 Å². The number of para-hydroxylation sites is 2. The second-order valence-corrected chi connectivity index (χ2v) is 13.5. The van der Waals surface area contributed by atoms with Crippen LogP contribution in [0.15, 0.2) is 191 Å². The normalized spacial score (nSPS) is 11.8. The number of nitrogens with zero attached hydrogens (tertiary/aromatic N) is 2. The zero-order chi connectivity index (χ0) is 34.9. The Bertz CT molecular complexity index is 3180. The molecule has 0 aliphatic carbocycles. The first kappa shape index (κ1) is 29.5. The first-order valence-electron chi connectivity index (χ1n) is 17.9. The molecule has 53 heavy (non-hydrogen) atoms. The molecule has 9 aromatic carbocycles. The first-order valence-corrected chi connectivity index (χ1v) is 17.9. The minimum atomic E-state index is 0.622. The van der Waals surface area contributed by atoms with Crippen LogP contribution in [0.1, 0.15) is 0 Å². The highest BCUT2D eigenvalue weighted by atomic mass is 16.3. The molecule has 0 amide bonds. The lowest BCUT2D eigenvalue weighted by molar-refractivity contribution is 0.623. The van der Waals surface area contributed by atoms with E-state index in [1.165, 1.54) is 0 Å². The molecule has 2 aromatic heterocycles. The predicted octanol–water partition coefficient (Wildman–Crippen LogP) is 14.0. The van der Waals surface area contributed by atoms with Gasteiger partial charge in [-0.15, -0.1) is 0 Å². The van der Waals surface area contributed by atoms with E-state index in [4.69, 9.17) is 13.8 Å². The summed E-state index contributed by atoms with van der Waals surface area (Å²) in [5, 5.41) is 8.94. The second-order valence-electron chi connectivity index (χ2n) is 13.5. The van der Waals surface area contributed by atoms with Crippen LogP contribution in [-0.4, -0.2) is 4.98 Å². The van der Waals surface area contributed by atoms with Crippen molar-refractivity contribution in [1.29, 1.82) is 0 Å². The number of hydrogen-bond acceptors (Lipinski definition) is 4. The standard InChI is InChI=1S/C49H30N2O2/c1-3-12-31(13-4-1)36-16-7-9-19-42(36)51(35-26-29-45-40(30-35)38-17-8-10-21-44(38)52-45)43-20-11-18-39-37(43)27-24-32-22-23-33-25-28-41-48(47(33)46(32)39)53-49(50-41)34-14-5-2-6-15-34/h1-30H. The van der Waals surface area contributed by atoms with E-state index in [2.05, 4.69) is 144 Å². The zero-order valence-corrected chi connectivity index (χ0v) is 28.5. The van der Waals surface area contributed by atoms with Crippen LogP contribution in [-0.2, 0) is 0 Å². The highest BCUT2D eigenvalue weighted by Gasteiger charge is 2.22. The van der Waals surface area contributed by atoms with Crippen molar-refractivity contribution in [2.24, 2.45) is 0 Å². The number of rotatable bonds is 5. The largest absolute Gasteiger partial charge is 0.456 e. The molecular formula is C49H30N2O2. The molecule has 2 heterocycles. The number of aromatic nitrogens is 1. The van der Waals surface area contributed by atoms with E-state index in [9.17, 15) is 0 Å². The Balaban J connectivity index is 1.21. The van der Waals surface area contributed by atoms with Gasteiger partial charge in [-0.3, -0.25) is 0 Å². The zero-order valence-electron chi connectivity index (χ0n) is 28.5. The van der Waals surface area contributed by atoms with Gasteiger partial charge in [0, 0.05) is 43.7 Å². The summed E-state index contributed by atoms with van der Waals surface area (Å²) >= 11 is 0. The molecule has 0 bridgehead atoms. The molecule has 0 aliphatic heterocycles. The van der Waals surface area contributed by atoms with Crippen molar-refractivity contribution >= 4 is 82.4 Å². The van der Waals surface area contributed by atoms with E-state index in [0.717, 1.165) is 99.1 Å². The lowest BCUT2D eigenvalue weighted by Gasteiger charge is -2.29. The van der Waals surface area contributed by atoms with Gasteiger partial charge in [-0.2, -0.15) is 0 Å². The molecule has 0 fully saturated rings. The number of anilines is 3. The summed E-state index contributed by atoms with van der Waals surface area (Å²) in [6, 6.07) is 64.0. The van der Waals surface area contributed by atoms with Crippen molar-refractivity contribution in [1.82, 2.24) is 4.98 Å². The molecule has 0 spiro atoms. The molecule has 11 rings (SSSR count). The van der Waals surface area contributed by atoms with Gasteiger partial charge in [0.15, 0.2) is 5.58 Å². The van der Waals surface area contributed by atoms with Crippen LogP contribution in [0.5, 0.6) is 0 Å². The van der Waals surface area contributed by atoms with Gasteiger partial charge in [0.05, 0.1) is 11.4 Å². The minimum absolute atomic E-state index is 0.622. The van der Waals surface area contributed by atoms with Crippen LogP contribution in [0, 0.1) is 0 Å². The summed E-state index contributed by atoms with van der Waals surface area (Å²) in [6.45, 7) is 0. The Morgan fingerprint density at radius 1 is 0.415 bits per heavy atom. The molecule has 4 heteroatoms. The molecule has 248 valence electrons. The molecular weight excluding hydrogens is 649 g/mol. The van der Waals surface area contributed by atoms with Gasteiger partial charge in [-0.25, -0.2) is 4.98 Å². The number of oxazole rings is 1. The summed E-state index contributed by atoms with van der Waals surface area (Å²) in [7, 11) is 0. The fourth-order valence-electron chi connectivity index (χ4n) is 8.05. The third kappa shape index (κ3) is 4.66. The molecule has 0 radical (unpaired) electrons. The van der Waals surface area contributed by atoms with E-state index < -0.39 is 0 Å². The molecule has 0 saturated carbocycles. The summed E-state index contributed by atoms with van der Waals surface area (Å²) in [5.74, 6) is 0.622. The average molecular weight is 679 g/mol.